The molecule has 0 aliphatic rings. The van der Waals surface area contributed by atoms with Gasteiger partial charge >= 0.3 is 0 Å². The van der Waals surface area contributed by atoms with E-state index in [0.717, 1.165) is 17.0 Å². The summed E-state index contributed by atoms with van der Waals surface area (Å²) in [6.07, 6.45) is 3.37. The van der Waals surface area contributed by atoms with Gasteiger partial charge in [0.2, 0.25) is 0 Å². The number of furan rings is 1. The van der Waals surface area contributed by atoms with Crippen LogP contribution in [0.1, 0.15) is 16.1 Å². The zero-order valence-corrected chi connectivity index (χ0v) is 16.3. The van der Waals surface area contributed by atoms with Gasteiger partial charge in [-0.3, -0.25) is 4.79 Å². The van der Waals surface area contributed by atoms with E-state index in [1.54, 1.807) is 36.2 Å². The van der Waals surface area contributed by atoms with E-state index in [1.807, 2.05) is 66.7 Å². The second kappa shape index (κ2) is 8.06. The molecular formula is C23H21N3O3. The van der Waals surface area contributed by atoms with Crippen LogP contribution in [0, 0.1) is 0 Å². The van der Waals surface area contributed by atoms with Crippen molar-refractivity contribution in [1.29, 1.82) is 0 Å². The monoisotopic (exact) mass is 387 g/mol. The Morgan fingerprint density at radius 1 is 1.10 bits per heavy atom. The minimum atomic E-state index is -0.138. The number of ether oxygens (including phenoxy) is 1. The lowest BCUT2D eigenvalue weighted by molar-refractivity contribution is 0.0776. The molecule has 0 saturated carbocycles. The minimum Gasteiger partial charge on any atom is -0.497 e. The lowest BCUT2D eigenvalue weighted by Gasteiger charge is -2.15. The lowest BCUT2D eigenvalue weighted by atomic mass is 10.1. The van der Waals surface area contributed by atoms with Crippen molar-refractivity contribution in [1.82, 2.24) is 14.7 Å². The molecule has 4 rings (SSSR count). The second-order valence-electron chi connectivity index (χ2n) is 6.64. The summed E-state index contributed by atoms with van der Waals surface area (Å²) in [4.78, 5) is 14.9. The van der Waals surface area contributed by atoms with Crippen LogP contribution in [0.5, 0.6) is 5.75 Å². The average molecular weight is 387 g/mol. The molecular weight excluding hydrogens is 366 g/mol. The number of rotatable bonds is 6. The fraction of sp³-hybridized carbons (Fsp3) is 0.130. The number of para-hydroxylation sites is 1. The predicted molar refractivity (Wildman–Crippen MR) is 110 cm³/mol. The topological polar surface area (TPSA) is 60.5 Å². The Labute approximate surface area is 168 Å². The molecule has 1 amide bonds. The molecule has 0 radical (unpaired) electrons. The molecule has 6 nitrogen and oxygen atoms in total. The van der Waals surface area contributed by atoms with E-state index in [9.17, 15) is 4.79 Å². The largest absolute Gasteiger partial charge is 0.497 e. The predicted octanol–water partition coefficient (Wildman–Crippen LogP) is 4.41. The molecule has 0 N–H and O–H groups in total. The quantitative estimate of drug-likeness (QED) is 0.492. The Hall–Kier alpha value is -3.80. The Kier molecular flexibility index (Phi) is 5.16. The van der Waals surface area contributed by atoms with E-state index in [1.165, 1.54) is 0 Å². The molecule has 0 aliphatic carbocycles. The fourth-order valence-electron chi connectivity index (χ4n) is 3.14. The van der Waals surface area contributed by atoms with Crippen LogP contribution >= 0.6 is 0 Å². The highest BCUT2D eigenvalue weighted by Gasteiger charge is 2.22. The summed E-state index contributed by atoms with van der Waals surface area (Å²) in [6, 6.07) is 20.9. The highest BCUT2D eigenvalue weighted by molar-refractivity contribution is 5.99. The first-order chi connectivity index (χ1) is 14.2. The second-order valence-corrected chi connectivity index (χ2v) is 6.64. The van der Waals surface area contributed by atoms with E-state index in [-0.39, 0.29) is 5.91 Å². The summed E-state index contributed by atoms with van der Waals surface area (Å²) in [6.45, 7) is 0.375. The molecule has 0 bridgehead atoms. The highest BCUT2D eigenvalue weighted by atomic mass is 16.5. The summed E-state index contributed by atoms with van der Waals surface area (Å²) >= 11 is 0. The third-order valence-corrected chi connectivity index (χ3v) is 4.63. The average Bonchev–Trinajstić information content (AvgIpc) is 3.44. The summed E-state index contributed by atoms with van der Waals surface area (Å²) in [7, 11) is 3.37. The van der Waals surface area contributed by atoms with E-state index >= 15 is 0 Å². The van der Waals surface area contributed by atoms with Gasteiger partial charge in [-0.05, 0) is 36.4 Å². The van der Waals surface area contributed by atoms with Gasteiger partial charge in [-0.1, -0.05) is 30.3 Å². The zero-order chi connectivity index (χ0) is 20.2. The molecule has 0 atom stereocenters. The van der Waals surface area contributed by atoms with Gasteiger partial charge in [0.15, 0.2) is 0 Å². The molecule has 0 aliphatic heterocycles. The van der Waals surface area contributed by atoms with Crippen LogP contribution in [0.15, 0.2) is 83.6 Å². The number of methoxy groups -OCH3 is 1. The smallest absolute Gasteiger partial charge is 0.257 e. The van der Waals surface area contributed by atoms with Crippen molar-refractivity contribution in [3.05, 3.63) is 90.5 Å². The first kappa shape index (κ1) is 18.6. The van der Waals surface area contributed by atoms with Crippen molar-refractivity contribution < 1.29 is 13.9 Å². The van der Waals surface area contributed by atoms with Gasteiger partial charge in [-0.15, -0.1) is 0 Å². The van der Waals surface area contributed by atoms with Gasteiger partial charge in [0.25, 0.3) is 5.91 Å². The Morgan fingerprint density at radius 3 is 2.66 bits per heavy atom. The maximum absolute atomic E-state index is 13.3. The molecule has 4 aromatic rings. The Balaban J connectivity index is 1.76. The van der Waals surface area contributed by atoms with E-state index < -0.39 is 0 Å². The molecule has 6 heteroatoms. The number of aromatic nitrogens is 2. The molecule has 2 aromatic heterocycles. The van der Waals surface area contributed by atoms with Gasteiger partial charge in [0.05, 0.1) is 31.2 Å². The van der Waals surface area contributed by atoms with Gasteiger partial charge < -0.3 is 14.1 Å². The summed E-state index contributed by atoms with van der Waals surface area (Å²) in [5, 5.41) is 4.72. The molecule has 146 valence electrons. The zero-order valence-electron chi connectivity index (χ0n) is 16.3. The Bertz CT molecular complexity index is 1100. The van der Waals surface area contributed by atoms with Gasteiger partial charge in [0.1, 0.15) is 17.2 Å². The third kappa shape index (κ3) is 3.91. The van der Waals surface area contributed by atoms with E-state index in [4.69, 9.17) is 14.3 Å². The number of benzene rings is 2. The Morgan fingerprint density at radius 2 is 1.93 bits per heavy atom. The van der Waals surface area contributed by atoms with E-state index in [2.05, 4.69) is 0 Å². The molecule has 2 aromatic carbocycles. The van der Waals surface area contributed by atoms with Crippen LogP contribution in [-0.4, -0.2) is 34.7 Å². The lowest BCUT2D eigenvalue weighted by Crippen LogP contribution is -2.26. The fourth-order valence-corrected chi connectivity index (χ4v) is 3.14. The molecule has 2 heterocycles. The van der Waals surface area contributed by atoms with Gasteiger partial charge in [-0.25, -0.2) is 4.68 Å². The first-order valence-corrected chi connectivity index (χ1v) is 9.23. The molecule has 29 heavy (non-hydrogen) atoms. The standard InChI is InChI=1S/C23H21N3O3/c1-25(15-20-12-7-13-29-20)23(27)21-16-26(18-9-4-3-5-10-18)24-22(21)17-8-6-11-19(14-17)28-2/h3-14,16H,15H2,1-2H3. The number of amides is 1. The van der Waals surface area contributed by atoms with Crippen LogP contribution in [0.3, 0.4) is 0 Å². The highest BCUT2D eigenvalue weighted by Crippen LogP contribution is 2.28. The van der Waals surface area contributed by atoms with Crippen molar-refractivity contribution in [2.75, 3.05) is 14.2 Å². The van der Waals surface area contributed by atoms with Crippen molar-refractivity contribution >= 4 is 5.91 Å². The van der Waals surface area contributed by atoms with Crippen molar-refractivity contribution in [2.45, 2.75) is 6.54 Å². The van der Waals surface area contributed by atoms with Crippen LogP contribution in [0.25, 0.3) is 16.9 Å². The van der Waals surface area contributed by atoms with Crippen molar-refractivity contribution in [3.63, 3.8) is 0 Å². The maximum Gasteiger partial charge on any atom is 0.257 e. The van der Waals surface area contributed by atoms with Crippen LogP contribution in [-0.2, 0) is 6.54 Å². The normalized spacial score (nSPS) is 10.7. The van der Waals surface area contributed by atoms with Crippen LogP contribution < -0.4 is 4.74 Å². The number of hydrogen-bond acceptors (Lipinski definition) is 4. The molecule has 0 saturated heterocycles. The number of hydrogen-bond donors (Lipinski definition) is 0. The van der Waals surface area contributed by atoms with Crippen molar-refractivity contribution in [3.8, 4) is 22.7 Å². The summed E-state index contributed by atoms with van der Waals surface area (Å²) in [5.41, 5.74) is 2.80. The van der Waals surface area contributed by atoms with Crippen LogP contribution in [0.4, 0.5) is 0 Å². The van der Waals surface area contributed by atoms with Crippen molar-refractivity contribution in [2.24, 2.45) is 0 Å². The minimum absolute atomic E-state index is 0.138. The van der Waals surface area contributed by atoms with Crippen LogP contribution in [0.2, 0.25) is 0 Å². The summed E-state index contributed by atoms with van der Waals surface area (Å²) in [5.74, 6) is 1.29. The van der Waals surface area contributed by atoms with E-state index in [0.29, 0.717) is 23.6 Å². The first-order valence-electron chi connectivity index (χ1n) is 9.23. The van der Waals surface area contributed by atoms with Gasteiger partial charge in [0, 0.05) is 18.8 Å². The molecule has 0 spiro atoms. The summed E-state index contributed by atoms with van der Waals surface area (Å²) < 4.78 is 12.4. The number of carbonyl (C=O) groups is 1. The SMILES string of the molecule is COc1cccc(-c2nn(-c3ccccc3)cc2C(=O)N(C)Cc2ccco2)c1. The third-order valence-electron chi connectivity index (χ3n) is 4.63. The number of nitrogens with zero attached hydrogens (tertiary/aromatic N) is 3. The molecule has 0 fully saturated rings. The number of carbonyl (C=O) groups excluding carboxylic acids is 1. The maximum atomic E-state index is 13.3. The van der Waals surface area contributed by atoms with Gasteiger partial charge in [-0.2, -0.15) is 5.10 Å². The molecule has 0 unspecified atom stereocenters.